The first-order chi connectivity index (χ1) is 17.5. The summed E-state index contributed by atoms with van der Waals surface area (Å²) in [5.74, 6) is -2.27. The Labute approximate surface area is 221 Å². The van der Waals surface area contributed by atoms with Crippen LogP contribution in [0.25, 0.3) is 0 Å². The molecule has 3 heterocycles. The molecule has 0 atom stereocenters. The molecule has 0 saturated carbocycles. The maximum absolute atomic E-state index is 13.8. The lowest BCUT2D eigenvalue weighted by Gasteiger charge is -2.25. The summed E-state index contributed by atoms with van der Waals surface area (Å²) in [6.45, 7) is 4.23. The van der Waals surface area contributed by atoms with Crippen molar-refractivity contribution in [1.82, 2.24) is 5.32 Å². The minimum absolute atomic E-state index is 0.276. The van der Waals surface area contributed by atoms with Crippen LogP contribution in [0.5, 0.6) is 0 Å². The molecule has 1 aromatic carbocycles. The number of thiophene rings is 2. The third kappa shape index (κ3) is 5.95. The quantitative estimate of drug-likeness (QED) is 0.357. The molecule has 0 radical (unpaired) electrons. The molecular formula is C26H25N3O6S2. The molecule has 3 aromatic rings. The minimum atomic E-state index is -1.71. The number of alkyl carbamates (subject to hydrolysis) is 1. The summed E-state index contributed by atoms with van der Waals surface area (Å²) < 4.78 is 5.28. The van der Waals surface area contributed by atoms with Crippen LogP contribution in [-0.2, 0) is 14.3 Å². The summed E-state index contributed by atoms with van der Waals surface area (Å²) in [5, 5.41) is 5.86. The summed E-state index contributed by atoms with van der Waals surface area (Å²) in [5.41, 5.74) is -0.329. The van der Waals surface area contributed by atoms with Gasteiger partial charge in [-0.2, -0.15) is 0 Å². The largest absolute Gasteiger partial charge is 0.444 e. The maximum Gasteiger partial charge on any atom is 0.408 e. The molecule has 0 unspecified atom stereocenters. The van der Waals surface area contributed by atoms with Crippen LogP contribution in [0.2, 0.25) is 0 Å². The van der Waals surface area contributed by atoms with E-state index in [9.17, 15) is 24.0 Å². The zero-order valence-electron chi connectivity index (χ0n) is 20.4. The van der Waals surface area contributed by atoms with Crippen molar-refractivity contribution >= 4 is 63.5 Å². The first kappa shape index (κ1) is 26.2. The van der Waals surface area contributed by atoms with Crippen molar-refractivity contribution in [3.8, 4) is 0 Å². The SMILES string of the molecule is CC(C)(C)OC(=O)NC1C(=O)N(CC(=O)c2cccs2)c2ccccc2N(CC(=O)c2cccs2)C1=O. The Hall–Kier alpha value is -3.83. The fraction of sp³-hybridized carbons (Fsp3) is 0.269. The number of fused-ring (bicyclic) bond motifs is 1. The van der Waals surface area contributed by atoms with E-state index in [0.29, 0.717) is 9.75 Å². The molecule has 192 valence electrons. The summed E-state index contributed by atoms with van der Waals surface area (Å²) in [6.07, 6.45) is -0.973. The van der Waals surface area contributed by atoms with Gasteiger partial charge in [0.1, 0.15) is 5.60 Å². The molecule has 1 N–H and O–H groups in total. The van der Waals surface area contributed by atoms with Gasteiger partial charge in [-0.05, 0) is 55.8 Å². The number of nitrogens with one attached hydrogen (secondary N) is 1. The standard InChI is InChI=1S/C26H25N3O6S2/c1-26(2,3)35-25(34)27-22-23(32)28(14-18(30)20-10-6-12-36-20)16-8-4-5-9-17(16)29(24(22)33)15-19(31)21-11-7-13-37-21/h4-13,22H,14-15H2,1-3H3,(H,27,34). The van der Waals surface area contributed by atoms with Gasteiger partial charge in [-0.3, -0.25) is 19.2 Å². The molecule has 9 nitrogen and oxygen atoms in total. The number of rotatable bonds is 7. The summed E-state index contributed by atoms with van der Waals surface area (Å²) in [7, 11) is 0. The lowest BCUT2D eigenvalue weighted by molar-refractivity contribution is -0.129. The van der Waals surface area contributed by atoms with E-state index in [1.54, 1.807) is 80.1 Å². The van der Waals surface area contributed by atoms with E-state index in [1.165, 1.54) is 32.5 Å². The molecule has 0 fully saturated rings. The minimum Gasteiger partial charge on any atom is -0.444 e. The second-order valence-electron chi connectivity index (χ2n) is 9.22. The lowest BCUT2D eigenvalue weighted by Crippen LogP contribution is -2.57. The van der Waals surface area contributed by atoms with Crippen LogP contribution in [-0.4, -0.2) is 54.2 Å². The van der Waals surface area contributed by atoms with E-state index in [0.717, 1.165) is 0 Å². The number of carbonyl (C=O) groups excluding carboxylic acids is 5. The topological polar surface area (TPSA) is 113 Å². The van der Waals surface area contributed by atoms with Gasteiger partial charge in [-0.1, -0.05) is 24.3 Å². The third-order valence-electron chi connectivity index (χ3n) is 5.35. The van der Waals surface area contributed by atoms with Crippen LogP contribution in [0.15, 0.2) is 59.3 Å². The smallest absolute Gasteiger partial charge is 0.408 e. The number of anilines is 2. The predicted molar refractivity (Wildman–Crippen MR) is 142 cm³/mol. The van der Waals surface area contributed by atoms with Gasteiger partial charge in [-0.15, -0.1) is 22.7 Å². The molecule has 3 amide bonds. The van der Waals surface area contributed by atoms with Gasteiger partial charge in [-0.25, -0.2) is 4.79 Å². The van der Waals surface area contributed by atoms with Gasteiger partial charge in [0.2, 0.25) is 0 Å². The Balaban J connectivity index is 1.75. The van der Waals surface area contributed by atoms with E-state index in [-0.39, 0.29) is 36.0 Å². The first-order valence-electron chi connectivity index (χ1n) is 11.4. The normalized spacial score (nSPS) is 14.2. The van der Waals surface area contributed by atoms with Crippen LogP contribution in [0, 0.1) is 0 Å². The highest BCUT2D eigenvalue weighted by atomic mass is 32.1. The summed E-state index contributed by atoms with van der Waals surface area (Å²) in [6, 6.07) is 11.6. The molecular weight excluding hydrogens is 514 g/mol. The number of carbonyl (C=O) groups is 5. The van der Waals surface area contributed by atoms with Gasteiger partial charge in [0.25, 0.3) is 11.8 Å². The van der Waals surface area contributed by atoms with Crippen molar-refractivity contribution in [3.63, 3.8) is 0 Å². The molecule has 0 aliphatic carbocycles. The van der Waals surface area contributed by atoms with E-state index < -0.39 is 29.6 Å². The number of hydrogen-bond acceptors (Lipinski definition) is 8. The predicted octanol–water partition coefficient (Wildman–Crippen LogP) is 4.15. The highest BCUT2D eigenvalue weighted by Crippen LogP contribution is 2.34. The number of ether oxygens (including phenoxy) is 1. The number of hydrogen-bond donors (Lipinski definition) is 1. The molecule has 0 saturated heterocycles. The molecule has 0 bridgehead atoms. The van der Waals surface area contributed by atoms with Crippen LogP contribution >= 0.6 is 22.7 Å². The van der Waals surface area contributed by atoms with Crippen LogP contribution in [0.4, 0.5) is 16.2 Å². The molecule has 1 aliphatic heterocycles. The van der Waals surface area contributed by atoms with Gasteiger partial charge < -0.3 is 19.9 Å². The Kier molecular flexibility index (Phi) is 7.55. The number of amides is 3. The zero-order valence-corrected chi connectivity index (χ0v) is 22.1. The fourth-order valence-corrected chi connectivity index (χ4v) is 5.08. The Morgan fingerprint density at radius 2 is 1.27 bits per heavy atom. The van der Waals surface area contributed by atoms with Crippen LogP contribution < -0.4 is 15.1 Å². The molecule has 37 heavy (non-hydrogen) atoms. The molecule has 2 aromatic heterocycles. The monoisotopic (exact) mass is 539 g/mol. The molecule has 11 heteroatoms. The number of Topliss-reactive ketones (excluding diaryl/α,β-unsaturated/α-hetero) is 2. The Morgan fingerprint density at radius 3 is 1.65 bits per heavy atom. The lowest BCUT2D eigenvalue weighted by atomic mass is 10.2. The van der Waals surface area contributed by atoms with Gasteiger partial charge >= 0.3 is 6.09 Å². The molecule has 1 aliphatic rings. The fourth-order valence-electron chi connectivity index (χ4n) is 3.77. The van der Waals surface area contributed by atoms with Gasteiger partial charge in [0, 0.05) is 0 Å². The average molecular weight is 540 g/mol. The van der Waals surface area contributed by atoms with Crippen molar-refractivity contribution in [3.05, 3.63) is 69.0 Å². The van der Waals surface area contributed by atoms with Gasteiger partial charge in [0.05, 0.1) is 34.2 Å². The maximum atomic E-state index is 13.8. The van der Waals surface area contributed by atoms with E-state index in [4.69, 9.17) is 4.74 Å². The van der Waals surface area contributed by atoms with Gasteiger partial charge in [0.15, 0.2) is 17.6 Å². The van der Waals surface area contributed by atoms with Crippen molar-refractivity contribution in [2.24, 2.45) is 0 Å². The molecule has 4 rings (SSSR count). The second-order valence-corrected chi connectivity index (χ2v) is 11.1. The van der Waals surface area contributed by atoms with Crippen LogP contribution in [0.1, 0.15) is 40.1 Å². The van der Waals surface area contributed by atoms with Crippen molar-refractivity contribution in [2.75, 3.05) is 22.9 Å². The highest BCUT2D eigenvalue weighted by Gasteiger charge is 2.43. The van der Waals surface area contributed by atoms with Crippen molar-refractivity contribution in [1.29, 1.82) is 0 Å². The Bertz CT molecular complexity index is 1240. The average Bonchev–Trinajstić information content (AvgIpc) is 3.56. The zero-order chi connectivity index (χ0) is 26.7. The third-order valence-corrected chi connectivity index (χ3v) is 7.17. The summed E-state index contributed by atoms with van der Waals surface area (Å²) >= 11 is 2.47. The van der Waals surface area contributed by atoms with E-state index >= 15 is 0 Å². The van der Waals surface area contributed by atoms with E-state index in [1.807, 2.05) is 0 Å². The highest BCUT2D eigenvalue weighted by molar-refractivity contribution is 7.12. The number of ketones is 2. The summed E-state index contributed by atoms with van der Waals surface area (Å²) in [4.78, 5) is 69.4. The van der Waals surface area contributed by atoms with E-state index in [2.05, 4.69) is 5.32 Å². The number of nitrogens with zero attached hydrogens (tertiary/aromatic N) is 2. The first-order valence-corrected chi connectivity index (χ1v) is 13.2. The van der Waals surface area contributed by atoms with Crippen molar-refractivity contribution < 1.29 is 28.7 Å². The molecule has 0 spiro atoms. The van der Waals surface area contributed by atoms with Crippen molar-refractivity contribution in [2.45, 2.75) is 32.4 Å². The van der Waals surface area contributed by atoms with Crippen LogP contribution in [0.3, 0.4) is 0 Å². The second kappa shape index (κ2) is 10.7. The number of para-hydroxylation sites is 2. The Morgan fingerprint density at radius 1 is 0.811 bits per heavy atom. The number of benzene rings is 1.